The van der Waals surface area contributed by atoms with Crippen molar-refractivity contribution in [3.63, 3.8) is 0 Å². The first-order chi connectivity index (χ1) is 8.63. The minimum Gasteiger partial charge on any atom is -0.481 e. The van der Waals surface area contributed by atoms with Crippen LogP contribution in [0.3, 0.4) is 0 Å². The van der Waals surface area contributed by atoms with Crippen LogP contribution in [0.2, 0.25) is 0 Å². The van der Waals surface area contributed by atoms with Crippen molar-refractivity contribution in [1.29, 1.82) is 0 Å². The summed E-state index contributed by atoms with van der Waals surface area (Å²) in [4.78, 5) is 11.6. The van der Waals surface area contributed by atoms with Gasteiger partial charge in [0.2, 0.25) is 0 Å². The Hall–Kier alpha value is -0.580. The largest absolute Gasteiger partial charge is 0.481 e. The molecule has 0 saturated heterocycles. The second kappa shape index (κ2) is 5.81. The molecule has 0 unspecified atom stereocenters. The first kappa shape index (κ1) is 16.5. The molecule has 1 saturated carbocycles. The van der Waals surface area contributed by atoms with E-state index in [1.807, 2.05) is 0 Å². The number of aliphatic carboxylic acids is 1. The molecular weight excluding hydrogens is 264 g/mol. The van der Waals surface area contributed by atoms with Gasteiger partial charge in [-0.25, -0.2) is 8.42 Å². The summed E-state index contributed by atoms with van der Waals surface area (Å²) in [6.45, 7) is 5.96. The van der Waals surface area contributed by atoms with Gasteiger partial charge in [-0.1, -0.05) is 20.8 Å². The molecule has 0 amide bonds. The van der Waals surface area contributed by atoms with E-state index in [4.69, 9.17) is 0 Å². The van der Waals surface area contributed by atoms with E-state index in [-0.39, 0.29) is 16.9 Å². The summed E-state index contributed by atoms with van der Waals surface area (Å²) >= 11 is 0. The molecule has 0 heterocycles. The molecule has 0 radical (unpaired) electrons. The maximum atomic E-state index is 11.6. The second-order valence-electron chi connectivity index (χ2n) is 6.59. The molecule has 1 aliphatic rings. The molecule has 0 aromatic rings. The Morgan fingerprint density at radius 1 is 1.16 bits per heavy atom. The van der Waals surface area contributed by atoms with Crippen LogP contribution in [0.1, 0.15) is 59.3 Å². The van der Waals surface area contributed by atoms with Gasteiger partial charge in [0.1, 0.15) is 9.84 Å². The van der Waals surface area contributed by atoms with Crippen molar-refractivity contribution >= 4 is 15.8 Å². The monoisotopic (exact) mass is 290 g/mol. The molecule has 0 bridgehead atoms. The SMILES string of the molecule is CCS(=O)(=O)CCCC1(C(=O)O)CCC(C)(C)CC1. The Balaban J connectivity index is 2.63. The molecule has 0 atom stereocenters. The van der Waals surface area contributed by atoms with E-state index in [1.54, 1.807) is 6.92 Å². The molecule has 0 aromatic heterocycles. The first-order valence-electron chi connectivity index (χ1n) is 7.06. The number of carbonyl (C=O) groups is 1. The third-order valence-corrected chi connectivity index (χ3v) is 6.36. The summed E-state index contributed by atoms with van der Waals surface area (Å²) in [5, 5.41) is 9.50. The van der Waals surface area contributed by atoms with Crippen LogP contribution in [0.25, 0.3) is 0 Å². The molecule has 4 nitrogen and oxygen atoms in total. The summed E-state index contributed by atoms with van der Waals surface area (Å²) in [5.74, 6) is -0.501. The molecule has 1 aliphatic carbocycles. The highest BCUT2D eigenvalue weighted by Crippen LogP contribution is 2.47. The Bertz CT molecular complexity index is 413. The molecule has 112 valence electrons. The van der Waals surface area contributed by atoms with Crippen molar-refractivity contribution in [2.45, 2.75) is 59.3 Å². The smallest absolute Gasteiger partial charge is 0.309 e. The van der Waals surface area contributed by atoms with Crippen molar-refractivity contribution in [2.24, 2.45) is 10.8 Å². The number of hydrogen-bond donors (Lipinski definition) is 1. The van der Waals surface area contributed by atoms with Crippen LogP contribution in [-0.2, 0) is 14.6 Å². The number of sulfone groups is 1. The molecule has 19 heavy (non-hydrogen) atoms. The molecule has 1 N–H and O–H groups in total. The fourth-order valence-corrected chi connectivity index (χ4v) is 3.62. The van der Waals surface area contributed by atoms with Crippen molar-refractivity contribution in [3.05, 3.63) is 0 Å². The minimum absolute atomic E-state index is 0.113. The topological polar surface area (TPSA) is 71.4 Å². The van der Waals surface area contributed by atoms with Gasteiger partial charge in [0.05, 0.1) is 11.2 Å². The van der Waals surface area contributed by atoms with Gasteiger partial charge in [0.25, 0.3) is 0 Å². The van der Waals surface area contributed by atoms with E-state index >= 15 is 0 Å². The van der Waals surface area contributed by atoms with Gasteiger partial charge >= 0.3 is 5.97 Å². The van der Waals surface area contributed by atoms with Crippen LogP contribution >= 0.6 is 0 Å². The standard InChI is InChI=1S/C14H26O4S/c1-4-19(17,18)11-5-6-14(12(15)16)9-7-13(2,3)8-10-14/h4-11H2,1-3H3,(H,15,16). The zero-order valence-electron chi connectivity index (χ0n) is 12.2. The highest BCUT2D eigenvalue weighted by Gasteiger charge is 2.43. The van der Waals surface area contributed by atoms with Crippen LogP contribution < -0.4 is 0 Å². The summed E-state index contributed by atoms with van der Waals surface area (Å²) in [6, 6.07) is 0. The summed E-state index contributed by atoms with van der Waals surface area (Å²) in [6.07, 6.45) is 4.09. The van der Waals surface area contributed by atoms with E-state index in [0.29, 0.717) is 25.7 Å². The van der Waals surface area contributed by atoms with Crippen molar-refractivity contribution in [3.8, 4) is 0 Å². The Labute approximate surface area is 116 Å². The van der Waals surface area contributed by atoms with E-state index < -0.39 is 21.2 Å². The normalized spacial score (nSPS) is 22.1. The maximum absolute atomic E-state index is 11.6. The molecule has 0 spiro atoms. The van der Waals surface area contributed by atoms with Gasteiger partial charge in [-0.2, -0.15) is 0 Å². The van der Waals surface area contributed by atoms with Crippen LogP contribution in [0, 0.1) is 10.8 Å². The zero-order valence-corrected chi connectivity index (χ0v) is 13.1. The van der Waals surface area contributed by atoms with E-state index in [2.05, 4.69) is 13.8 Å². The summed E-state index contributed by atoms with van der Waals surface area (Å²) in [5.41, 5.74) is -0.479. The van der Waals surface area contributed by atoms with Crippen LogP contribution in [0.4, 0.5) is 0 Å². The van der Waals surface area contributed by atoms with Crippen molar-refractivity contribution < 1.29 is 18.3 Å². The van der Waals surface area contributed by atoms with Gasteiger partial charge in [-0.05, 0) is 43.9 Å². The van der Waals surface area contributed by atoms with Gasteiger partial charge in [-0.3, -0.25) is 4.79 Å². The van der Waals surface area contributed by atoms with Crippen LogP contribution in [0.15, 0.2) is 0 Å². The first-order valence-corrected chi connectivity index (χ1v) is 8.88. The maximum Gasteiger partial charge on any atom is 0.309 e. The molecule has 0 aliphatic heterocycles. The van der Waals surface area contributed by atoms with Crippen LogP contribution in [0.5, 0.6) is 0 Å². The lowest BCUT2D eigenvalue weighted by Crippen LogP contribution is -2.38. The number of carboxylic acids is 1. The predicted octanol–water partition coefficient (Wildman–Crippen LogP) is 2.87. The second-order valence-corrected chi connectivity index (χ2v) is 9.06. The molecule has 1 rings (SSSR count). The lowest BCUT2D eigenvalue weighted by atomic mass is 9.63. The van der Waals surface area contributed by atoms with E-state index in [1.165, 1.54) is 0 Å². The fraction of sp³-hybridized carbons (Fsp3) is 0.929. The highest BCUT2D eigenvalue weighted by molar-refractivity contribution is 7.91. The van der Waals surface area contributed by atoms with Gasteiger partial charge in [-0.15, -0.1) is 0 Å². The average molecular weight is 290 g/mol. The van der Waals surface area contributed by atoms with Crippen molar-refractivity contribution in [2.75, 3.05) is 11.5 Å². The van der Waals surface area contributed by atoms with Crippen LogP contribution in [-0.4, -0.2) is 31.0 Å². The zero-order chi connectivity index (χ0) is 14.7. The van der Waals surface area contributed by atoms with Crippen molar-refractivity contribution in [1.82, 2.24) is 0 Å². The van der Waals surface area contributed by atoms with E-state index in [0.717, 1.165) is 12.8 Å². The minimum atomic E-state index is -2.99. The third kappa shape index (κ3) is 4.48. The average Bonchev–Trinajstić information content (AvgIpc) is 2.31. The van der Waals surface area contributed by atoms with Gasteiger partial charge in [0.15, 0.2) is 0 Å². The Morgan fingerprint density at radius 2 is 1.68 bits per heavy atom. The quantitative estimate of drug-likeness (QED) is 0.816. The fourth-order valence-electron chi connectivity index (χ4n) is 2.75. The summed E-state index contributed by atoms with van der Waals surface area (Å²) in [7, 11) is -2.99. The Morgan fingerprint density at radius 3 is 2.11 bits per heavy atom. The lowest BCUT2D eigenvalue weighted by Gasteiger charge is -2.41. The molecule has 5 heteroatoms. The number of carboxylic acid groups (broad SMARTS) is 1. The lowest BCUT2D eigenvalue weighted by molar-refractivity contribution is -0.153. The van der Waals surface area contributed by atoms with E-state index in [9.17, 15) is 18.3 Å². The third-order valence-electron chi connectivity index (χ3n) is 4.56. The predicted molar refractivity (Wildman–Crippen MR) is 75.9 cm³/mol. The van der Waals surface area contributed by atoms with Gasteiger partial charge in [0, 0.05) is 5.75 Å². The number of rotatable bonds is 6. The summed E-state index contributed by atoms with van der Waals surface area (Å²) < 4.78 is 22.9. The molecule has 0 aromatic carbocycles. The van der Waals surface area contributed by atoms with Gasteiger partial charge < -0.3 is 5.11 Å². The molecular formula is C14H26O4S. The molecule has 1 fully saturated rings. The Kier molecular flexibility index (Phi) is 5.04. The highest BCUT2D eigenvalue weighted by atomic mass is 32.2. The number of hydrogen-bond acceptors (Lipinski definition) is 3.